The Balaban J connectivity index is 2.68. The van der Waals surface area contributed by atoms with E-state index in [1.807, 2.05) is 32.3 Å². The summed E-state index contributed by atoms with van der Waals surface area (Å²) in [6.07, 6.45) is 0. The molecule has 1 aromatic heterocycles. The van der Waals surface area contributed by atoms with E-state index < -0.39 is 0 Å². The molecule has 0 unspecified atom stereocenters. The molecule has 2 aromatic rings. The smallest absolute Gasteiger partial charge is 0.297 e. The highest BCUT2D eigenvalue weighted by Crippen LogP contribution is 2.24. The van der Waals surface area contributed by atoms with Crippen molar-refractivity contribution in [3.63, 3.8) is 0 Å². The third-order valence-electron chi connectivity index (χ3n) is 1.82. The molecule has 0 aliphatic rings. The Morgan fingerprint density at radius 3 is 2.77 bits per heavy atom. The molecule has 0 bridgehead atoms. The fraction of sp³-hybridized carbons (Fsp3) is 0.222. The number of aromatic nitrogens is 1. The molecular weight excluding hydrogens is 166 g/mol. The van der Waals surface area contributed by atoms with Crippen molar-refractivity contribution in [1.29, 1.82) is 0 Å². The van der Waals surface area contributed by atoms with Crippen LogP contribution in [0.5, 0.6) is 0 Å². The molecule has 0 radical (unpaired) electrons. The number of para-hydroxylation sites is 1. The van der Waals surface area contributed by atoms with E-state index in [4.69, 9.17) is 10.2 Å². The average Bonchev–Trinajstić information content (AvgIpc) is 2.49. The maximum atomic E-state index is 5.73. The fourth-order valence-corrected chi connectivity index (χ4v) is 1.15. The molecule has 0 saturated heterocycles. The van der Waals surface area contributed by atoms with Gasteiger partial charge in [-0.3, -0.25) is 0 Å². The first kappa shape index (κ1) is 7.91. The minimum atomic E-state index is 0.577. The molecule has 0 aliphatic carbocycles. The van der Waals surface area contributed by atoms with E-state index in [1.165, 1.54) is 0 Å². The molecule has 0 amide bonds. The molecule has 68 valence electrons. The van der Waals surface area contributed by atoms with Crippen molar-refractivity contribution in [2.45, 2.75) is 0 Å². The number of rotatable bonds is 1. The standard InChI is InChI=1S/C9H11N3O/c1-12(2)9-11-8-6(10)4-3-5-7(8)13-9/h3-5H,10H2,1-2H3. The van der Waals surface area contributed by atoms with Crippen LogP contribution in [0, 0.1) is 0 Å². The van der Waals surface area contributed by atoms with Crippen molar-refractivity contribution >= 4 is 22.8 Å². The Morgan fingerprint density at radius 2 is 2.15 bits per heavy atom. The predicted octanol–water partition coefficient (Wildman–Crippen LogP) is 1.48. The summed E-state index contributed by atoms with van der Waals surface area (Å²) in [5.74, 6) is 0. The van der Waals surface area contributed by atoms with Crippen molar-refractivity contribution in [2.24, 2.45) is 0 Å². The van der Waals surface area contributed by atoms with Gasteiger partial charge < -0.3 is 15.1 Å². The summed E-state index contributed by atoms with van der Waals surface area (Å²) in [5.41, 5.74) is 7.83. The molecule has 0 saturated carbocycles. The zero-order valence-electron chi connectivity index (χ0n) is 7.61. The van der Waals surface area contributed by atoms with Crippen molar-refractivity contribution in [3.05, 3.63) is 18.2 Å². The van der Waals surface area contributed by atoms with Crippen LogP contribution in [0.1, 0.15) is 0 Å². The van der Waals surface area contributed by atoms with Crippen molar-refractivity contribution in [2.75, 3.05) is 24.7 Å². The lowest BCUT2D eigenvalue weighted by Crippen LogP contribution is -2.08. The van der Waals surface area contributed by atoms with Crippen LogP contribution in [0.15, 0.2) is 22.6 Å². The molecular formula is C9H11N3O. The molecule has 0 spiro atoms. The number of nitrogens with two attached hydrogens (primary N) is 1. The maximum absolute atomic E-state index is 5.73. The molecule has 0 atom stereocenters. The van der Waals surface area contributed by atoms with E-state index in [-0.39, 0.29) is 0 Å². The van der Waals surface area contributed by atoms with Crippen LogP contribution in [0.3, 0.4) is 0 Å². The van der Waals surface area contributed by atoms with E-state index in [0.717, 1.165) is 11.1 Å². The predicted molar refractivity (Wildman–Crippen MR) is 52.7 cm³/mol. The monoisotopic (exact) mass is 177 g/mol. The molecule has 13 heavy (non-hydrogen) atoms. The van der Waals surface area contributed by atoms with Crippen LogP contribution in [0.25, 0.3) is 11.1 Å². The van der Waals surface area contributed by atoms with Gasteiger partial charge in [0, 0.05) is 14.1 Å². The molecule has 2 rings (SSSR count). The van der Waals surface area contributed by atoms with Gasteiger partial charge in [-0.15, -0.1) is 0 Å². The lowest BCUT2D eigenvalue weighted by molar-refractivity contribution is 0.597. The third-order valence-corrected chi connectivity index (χ3v) is 1.82. The number of oxazole rings is 1. The Labute approximate surface area is 76.0 Å². The largest absolute Gasteiger partial charge is 0.423 e. The molecule has 2 N–H and O–H groups in total. The average molecular weight is 177 g/mol. The van der Waals surface area contributed by atoms with E-state index in [1.54, 1.807) is 4.90 Å². The van der Waals surface area contributed by atoms with Crippen LogP contribution in [-0.4, -0.2) is 19.1 Å². The Kier molecular flexibility index (Phi) is 1.62. The number of fused-ring (bicyclic) bond motifs is 1. The number of hydrogen-bond donors (Lipinski definition) is 1. The second-order valence-corrected chi connectivity index (χ2v) is 3.08. The van der Waals surface area contributed by atoms with Crippen molar-refractivity contribution in [1.82, 2.24) is 4.98 Å². The zero-order chi connectivity index (χ0) is 9.42. The summed E-state index contributed by atoms with van der Waals surface area (Å²) in [5, 5.41) is 0. The number of nitrogen functional groups attached to an aromatic ring is 1. The van der Waals surface area contributed by atoms with Crippen LogP contribution in [-0.2, 0) is 0 Å². The molecule has 4 nitrogen and oxygen atoms in total. The van der Waals surface area contributed by atoms with Gasteiger partial charge in [-0.05, 0) is 12.1 Å². The highest BCUT2D eigenvalue weighted by atomic mass is 16.4. The van der Waals surface area contributed by atoms with Gasteiger partial charge in [-0.2, -0.15) is 4.98 Å². The van der Waals surface area contributed by atoms with Gasteiger partial charge in [0.05, 0.1) is 5.69 Å². The Bertz CT molecular complexity index is 433. The van der Waals surface area contributed by atoms with E-state index in [0.29, 0.717) is 11.7 Å². The molecule has 0 aliphatic heterocycles. The second-order valence-electron chi connectivity index (χ2n) is 3.08. The van der Waals surface area contributed by atoms with Crippen molar-refractivity contribution < 1.29 is 4.42 Å². The highest BCUT2D eigenvalue weighted by Gasteiger charge is 2.08. The third kappa shape index (κ3) is 1.20. The summed E-state index contributed by atoms with van der Waals surface area (Å²) in [7, 11) is 3.75. The molecule has 1 heterocycles. The number of anilines is 2. The molecule has 1 aromatic carbocycles. The maximum Gasteiger partial charge on any atom is 0.297 e. The molecule has 4 heteroatoms. The minimum Gasteiger partial charge on any atom is -0.423 e. The van der Waals surface area contributed by atoms with Crippen LogP contribution in [0.4, 0.5) is 11.7 Å². The first-order valence-electron chi connectivity index (χ1n) is 4.01. The van der Waals surface area contributed by atoms with Gasteiger partial charge in [0.15, 0.2) is 5.58 Å². The van der Waals surface area contributed by atoms with Crippen LogP contribution >= 0.6 is 0 Å². The lowest BCUT2D eigenvalue weighted by Gasteiger charge is -2.03. The van der Waals surface area contributed by atoms with Gasteiger partial charge in [-0.1, -0.05) is 6.07 Å². The SMILES string of the molecule is CN(C)c1nc2c(N)cccc2o1. The summed E-state index contributed by atoms with van der Waals surface area (Å²) < 4.78 is 5.45. The number of benzene rings is 1. The zero-order valence-corrected chi connectivity index (χ0v) is 7.61. The normalized spacial score (nSPS) is 10.6. The Hall–Kier alpha value is -1.71. The van der Waals surface area contributed by atoms with Gasteiger partial charge in [0.2, 0.25) is 0 Å². The van der Waals surface area contributed by atoms with Gasteiger partial charge >= 0.3 is 0 Å². The minimum absolute atomic E-state index is 0.577. The first-order chi connectivity index (χ1) is 6.18. The van der Waals surface area contributed by atoms with Gasteiger partial charge in [0.1, 0.15) is 5.52 Å². The quantitative estimate of drug-likeness (QED) is 0.670. The van der Waals surface area contributed by atoms with E-state index in [9.17, 15) is 0 Å². The van der Waals surface area contributed by atoms with E-state index in [2.05, 4.69) is 4.98 Å². The topological polar surface area (TPSA) is 55.3 Å². The molecule has 0 fully saturated rings. The second kappa shape index (κ2) is 2.65. The van der Waals surface area contributed by atoms with Crippen molar-refractivity contribution in [3.8, 4) is 0 Å². The van der Waals surface area contributed by atoms with Crippen LogP contribution < -0.4 is 10.6 Å². The number of hydrogen-bond acceptors (Lipinski definition) is 4. The first-order valence-corrected chi connectivity index (χ1v) is 4.01. The summed E-state index contributed by atoms with van der Waals surface area (Å²) in [6.45, 7) is 0. The van der Waals surface area contributed by atoms with Gasteiger partial charge in [-0.25, -0.2) is 0 Å². The lowest BCUT2D eigenvalue weighted by atomic mass is 10.3. The fourth-order valence-electron chi connectivity index (χ4n) is 1.15. The number of nitrogens with zero attached hydrogens (tertiary/aromatic N) is 2. The van der Waals surface area contributed by atoms with Crippen LogP contribution in [0.2, 0.25) is 0 Å². The van der Waals surface area contributed by atoms with Gasteiger partial charge in [0.25, 0.3) is 6.01 Å². The summed E-state index contributed by atoms with van der Waals surface area (Å²) >= 11 is 0. The summed E-state index contributed by atoms with van der Waals surface area (Å²) in [4.78, 5) is 6.05. The highest BCUT2D eigenvalue weighted by molar-refractivity contribution is 5.86. The summed E-state index contributed by atoms with van der Waals surface area (Å²) in [6, 6.07) is 6.09. The Morgan fingerprint density at radius 1 is 1.38 bits per heavy atom. The van der Waals surface area contributed by atoms with E-state index >= 15 is 0 Å².